The molecule has 1 aromatic heterocycles. The second kappa shape index (κ2) is 8.30. The van der Waals surface area contributed by atoms with E-state index >= 15 is 0 Å². The smallest absolute Gasteiger partial charge is 0.119 e. The van der Waals surface area contributed by atoms with Crippen LogP contribution in [0, 0.1) is 13.8 Å². The van der Waals surface area contributed by atoms with Crippen LogP contribution in [0.4, 0.5) is 0 Å². The monoisotopic (exact) mass is 318 g/mol. The van der Waals surface area contributed by atoms with Crippen molar-refractivity contribution in [1.29, 1.82) is 0 Å². The number of aromatic nitrogens is 1. The molecule has 0 radical (unpaired) electrons. The van der Waals surface area contributed by atoms with Crippen molar-refractivity contribution in [2.45, 2.75) is 46.0 Å². The molecule has 0 aliphatic heterocycles. The zero-order valence-electron chi connectivity index (χ0n) is 13.8. The lowest BCUT2D eigenvalue weighted by molar-refractivity contribution is 0.309. The topological polar surface area (TPSA) is 48.1 Å². The maximum Gasteiger partial charge on any atom is 0.119 e. The summed E-state index contributed by atoms with van der Waals surface area (Å²) in [6, 6.07) is 8.38. The van der Waals surface area contributed by atoms with Gasteiger partial charge in [0.2, 0.25) is 0 Å². The molecule has 3 nitrogen and oxygen atoms in total. The van der Waals surface area contributed by atoms with Crippen molar-refractivity contribution >= 4 is 11.3 Å². The number of nitrogens with zero attached hydrogens (tertiary/aromatic N) is 1. The fourth-order valence-corrected chi connectivity index (χ4v) is 3.32. The Balaban J connectivity index is 1.99. The summed E-state index contributed by atoms with van der Waals surface area (Å²) in [5.74, 6) is 1.24. The molecule has 1 aromatic carbocycles. The van der Waals surface area contributed by atoms with Crippen LogP contribution in [0.1, 0.15) is 46.8 Å². The van der Waals surface area contributed by atoms with Crippen LogP contribution in [-0.2, 0) is 6.42 Å². The minimum Gasteiger partial charge on any atom is -0.494 e. The summed E-state index contributed by atoms with van der Waals surface area (Å²) in [5, 5.41) is 1.15. The van der Waals surface area contributed by atoms with Gasteiger partial charge in [0.15, 0.2) is 0 Å². The normalized spacial score (nSPS) is 12.4. The number of hydrogen-bond donors (Lipinski definition) is 1. The average molecular weight is 318 g/mol. The lowest BCUT2D eigenvalue weighted by Crippen LogP contribution is -2.15. The zero-order chi connectivity index (χ0) is 15.9. The Kier molecular flexibility index (Phi) is 6.40. The maximum absolute atomic E-state index is 5.96. The molecule has 0 fully saturated rings. The number of benzene rings is 1. The summed E-state index contributed by atoms with van der Waals surface area (Å²) >= 11 is 1.77. The van der Waals surface area contributed by atoms with Gasteiger partial charge < -0.3 is 10.5 Å². The van der Waals surface area contributed by atoms with Crippen molar-refractivity contribution in [3.05, 3.63) is 45.4 Å². The van der Waals surface area contributed by atoms with Crippen LogP contribution in [-0.4, -0.2) is 18.1 Å². The molecule has 4 heteroatoms. The van der Waals surface area contributed by atoms with Crippen LogP contribution in [0.3, 0.4) is 0 Å². The lowest BCUT2D eigenvalue weighted by atomic mass is 10.00. The first-order chi connectivity index (χ1) is 10.6. The molecule has 0 aliphatic carbocycles. The van der Waals surface area contributed by atoms with Crippen LogP contribution in [0.25, 0.3) is 0 Å². The molecule has 1 atom stereocenters. The molecule has 120 valence electrons. The summed E-state index contributed by atoms with van der Waals surface area (Å²) in [5.41, 5.74) is 8.37. The van der Waals surface area contributed by atoms with Gasteiger partial charge in [-0.2, -0.15) is 0 Å². The summed E-state index contributed by atoms with van der Waals surface area (Å²) in [6.07, 6.45) is 3.18. The third kappa shape index (κ3) is 4.55. The highest BCUT2D eigenvalue weighted by Crippen LogP contribution is 2.27. The van der Waals surface area contributed by atoms with Gasteiger partial charge in [-0.05, 0) is 44.4 Å². The fraction of sp³-hybridized carbons (Fsp3) is 0.500. The first-order valence-corrected chi connectivity index (χ1v) is 8.81. The minimum atomic E-state index is 0.296. The van der Waals surface area contributed by atoms with Crippen molar-refractivity contribution in [2.24, 2.45) is 5.73 Å². The van der Waals surface area contributed by atoms with Crippen molar-refractivity contribution in [1.82, 2.24) is 4.98 Å². The quantitative estimate of drug-likeness (QED) is 0.741. The number of rotatable bonds is 8. The average Bonchev–Trinajstić information content (AvgIpc) is 2.86. The summed E-state index contributed by atoms with van der Waals surface area (Å²) in [6.45, 7) is 7.76. The molecular formula is C18H26N2OS. The van der Waals surface area contributed by atoms with E-state index in [9.17, 15) is 0 Å². The number of nitrogens with two attached hydrogens (primary N) is 1. The highest BCUT2D eigenvalue weighted by atomic mass is 32.1. The molecule has 2 rings (SSSR count). The Labute approximate surface area is 137 Å². The van der Waals surface area contributed by atoms with Gasteiger partial charge in [0, 0.05) is 17.3 Å². The van der Waals surface area contributed by atoms with Crippen molar-refractivity contribution in [2.75, 3.05) is 13.2 Å². The number of ether oxygens (including phenoxy) is 1. The van der Waals surface area contributed by atoms with E-state index < -0.39 is 0 Å². The van der Waals surface area contributed by atoms with Gasteiger partial charge >= 0.3 is 0 Å². The first-order valence-electron chi connectivity index (χ1n) is 7.99. The van der Waals surface area contributed by atoms with E-state index in [0.717, 1.165) is 42.3 Å². The number of thiazole rings is 1. The molecule has 1 heterocycles. The number of unbranched alkanes of at least 4 members (excludes halogenated alkanes) is 1. The molecule has 1 unspecified atom stereocenters. The SMILES string of the molecule is CCCCOc1ccc(CC(CN)c2nc(C)c(C)s2)cc1. The molecule has 0 aliphatic rings. The summed E-state index contributed by atoms with van der Waals surface area (Å²) < 4.78 is 5.70. The predicted molar refractivity (Wildman–Crippen MR) is 93.9 cm³/mol. The minimum absolute atomic E-state index is 0.296. The van der Waals surface area contributed by atoms with Gasteiger partial charge in [0.25, 0.3) is 0 Å². The third-order valence-electron chi connectivity index (χ3n) is 3.85. The lowest BCUT2D eigenvalue weighted by Gasteiger charge is -2.12. The third-order valence-corrected chi connectivity index (χ3v) is 5.09. The Bertz CT molecular complexity index is 558. The first kappa shape index (κ1) is 17.0. The molecule has 0 saturated carbocycles. The van der Waals surface area contributed by atoms with Crippen LogP contribution < -0.4 is 10.5 Å². The second-order valence-electron chi connectivity index (χ2n) is 5.68. The molecule has 2 N–H and O–H groups in total. The Hall–Kier alpha value is -1.39. The van der Waals surface area contributed by atoms with E-state index in [2.05, 4.69) is 50.0 Å². The zero-order valence-corrected chi connectivity index (χ0v) is 14.6. The molecular weight excluding hydrogens is 292 g/mol. The van der Waals surface area contributed by atoms with E-state index in [1.54, 1.807) is 11.3 Å². The van der Waals surface area contributed by atoms with Gasteiger partial charge in [-0.1, -0.05) is 25.5 Å². The van der Waals surface area contributed by atoms with E-state index in [1.807, 2.05) is 0 Å². The van der Waals surface area contributed by atoms with E-state index in [0.29, 0.717) is 12.5 Å². The predicted octanol–water partition coefficient (Wildman–Crippen LogP) is 4.22. The van der Waals surface area contributed by atoms with E-state index in [4.69, 9.17) is 10.5 Å². The molecule has 0 bridgehead atoms. The van der Waals surface area contributed by atoms with Crippen LogP contribution in [0.5, 0.6) is 5.75 Å². The standard InChI is InChI=1S/C18H26N2OS/c1-4-5-10-21-17-8-6-15(7-9-17)11-16(12-19)18-20-13(2)14(3)22-18/h6-9,16H,4-5,10-12,19H2,1-3H3. The Morgan fingerprint density at radius 3 is 2.50 bits per heavy atom. The van der Waals surface area contributed by atoms with Gasteiger partial charge in [-0.15, -0.1) is 11.3 Å². The van der Waals surface area contributed by atoms with Gasteiger partial charge in [0.05, 0.1) is 17.3 Å². The van der Waals surface area contributed by atoms with E-state index in [1.165, 1.54) is 10.4 Å². The molecule has 0 saturated heterocycles. The van der Waals surface area contributed by atoms with Crippen molar-refractivity contribution < 1.29 is 4.74 Å². The van der Waals surface area contributed by atoms with Crippen LogP contribution in [0.2, 0.25) is 0 Å². The molecule has 2 aromatic rings. The molecule has 0 spiro atoms. The number of hydrogen-bond acceptors (Lipinski definition) is 4. The highest BCUT2D eigenvalue weighted by molar-refractivity contribution is 7.11. The largest absolute Gasteiger partial charge is 0.494 e. The summed E-state index contributed by atoms with van der Waals surface area (Å²) in [7, 11) is 0. The summed E-state index contributed by atoms with van der Waals surface area (Å²) in [4.78, 5) is 5.94. The van der Waals surface area contributed by atoms with Gasteiger partial charge in [0.1, 0.15) is 5.75 Å². The van der Waals surface area contributed by atoms with Crippen LogP contribution in [0.15, 0.2) is 24.3 Å². The maximum atomic E-state index is 5.96. The van der Waals surface area contributed by atoms with Gasteiger partial charge in [-0.3, -0.25) is 0 Å². The highest BCUT2D eigenvalue weighted by Gasteiger charge is 2.16. The van der Waals surface area contributed by atoms with E-state index in [-0.39, 0.29) is 0 Å². The molecule has 0 amide bonds. The fourth-order valence-electron chi connectivity index (χ4n) is 2.28. The van der Waals surface area contributed by atoms with Gasteiger partial charge in [-0.25, -0.2) is 4.98 Å². The Morgan fingerprint density at radius 1 is 1.23 bits per heavy atom. The molecule has 22 heavy (non-hydrogen) atoms. The Morgan fingerprint density at radius 2 is 1.95 bits per heavy atom. The van der Waals surface area contributed by atoms with Crippen LogP contribution >= 0.6 is 11.3 Å². The van der Waals surface area contributed by atoms with Crippen molar-refractivity contribution in [3.63, 3.8) is 0 Å². The number of aryl methyl sites for hydroxylation is 2. The van der Waals surface area contributed by atoms with Crippen molar-refractivity contribution in [3.8, 4) is 5.75 Å². The second-order valence-corrected chi connectivity index (χ2v) is 6.91.